The average molecular weight is 310 g/mol. The molecule has 21 heavy (non-hydrogen) atoms. The zero-order chi connectivity index (χ0) is 15.6. The van der Waals surface area contributed by atoms with E-state index in [1.165, 1.54) is 6.42 Å². The first-order valence-corrected chi connectivity index (χ1v) is 9.12. The van der Waals surface area contributed by atoms with Gasteiger partial charge in [0.15, 0.2) is 0 Å². The quantitative estimate of drug-likeness (QED) is 0.897. The maximum absolute atomic E-state index is 12.5. The first-order valence-electron chi connectivity index (χ1n) is 7.63. The number of rotatable bonds is 4. The summed E-state index contributed by atoms with van der Waals surface area (Å²) >= 11 is 0. The van der Waals surface area contributed by atoms with Crippen molar-refractivity contribution < 1.29 is 8.42 Å². The summed E-state index contributed by atoms with van der Waals surface area (Å²) in [6.07, 6.45) is 3.01. The van der Waals surface area contributed by atoms with Gasteiger partial charge in [0.2, 0.25) is 10.0 Å². The summed E-state index contributed by atoms with van der Waals surface area (Å²) in [5, 5.41) is 0. The van der Waals surface area contributed by atoms with Gasteiger partial charge in [-0.1, -0.05) is 19.9 Å². The molecular formula is C16H26N2O2S. The Kier molecular flexibility index (Phi) is 5.07. The minimum atomic E-state index is -3.46. The zero-order valence-electron chi connectivity index (χ0n) is 13.1. The Balaban J connectivity index is 2.18. The molecule has 1 aliphatic carbocycles. The van der Waals surface area contributed by atoms with Crippen LogP contribution in [0.5, 0.6) is 0 Å². The first-order chi connectivity index (χ1) is 9.81. The highest BCUT2D eigenvalue weighted by Crippen LogP contribution is 2.29. The van der Waals surface area contributed by atoms with Crippen LogP contribution in [0.4, 0.5) is 0 Å². The second-order valence-corrected chi connectivity index (χ2v) is 8.24. The predicted molar refractivity (Wildman–Crippen MR) is 85.4 cm³/mol. The Bertz CT molecular complexity index is 588. The van der Waals surface area contributed by atoms with E-state index >= 15 is 0 Å². The van der Waals surface area contributed by atoms with Crippen LogP contribution in [-0.4, -0.2) is 14.5 Å². The first kappa shape index (κ1) is 16.5. The fraction of sp³-hybridized carbons (Fsp3) is 0.625. The highest BCUT2D eigenvalue weighted by atomic mass is 32.2. The van der Waals surface area contributed by atoms with Gasteiger partial charge in [-0.2, -0.15) is 0 Å². The van der Waals surface area contributed by atoms with Crippen molar-refractivity contribution in [3.05, 3.63) is 29.3 Å². The summed E-state index contributed by atoms with van der Waals surface area (Å²) in [6.45, 7) is 6.67. The van der Waals surface area contributed by atoms with Gasteiger partial charge in [0.05, 0.1) is 4.90 Å². The van der Waals surface area contributed by atoms with Crippen LogP contribution in [0.3, 0.4) is 0 Å². The second-order valence-electron chi connectivity index (χ2n) is 6.53. The van der Waals surface area contributed by atoms with Crippen molar-refractivity contribution in [1.82, 2.24) is 4.72 Å². The van der Waals surface area contributed by atoms with Gasteiger partial charge in [0.25, 0.3) is 0 Å². The Morgan fingerprint density at radius 1 is 1.19 bits per heavy atom. The third-order valence-corrected chi connectivity index (χ3v) is 5.87. The summed E-state index contributed by atoms with van der Waals surface area (Å²) in [7, 11) is -3.46. The zero-order valence-corrected chi connectivity index (χ0v) is 13.9. The molecule has 118 valence electrons. The molecule has 1 saturated carbocycles. The van der Waals surface area contributed by atoms with E-state index in [2.05, 4.69) is 18.6 Å². The summed E-state index contributed by atoms with van der Waals surface area (Å²) in [6, 6.07) is 5.21. The molecule has 0 spiro atoms. The minimum absolute atomic E-state index is 0.0383. The second kappa shape index (κ2) is 6.46. The molecule has 0 bridgehead atoms. The minimum Gasteiger partial charge on any atom is -0.326 e. The van der Waals surface area contributed by atoms with Crippen LogP contribution < -0.4 is 10.5 Å². The lowest BCUT2D eigenvalue weighted by atomic mass is 9.81. The lowest BCUT2D eigenvalue weighted by Crippen LogP contribution is -2.40. The number of benzene rings is 1. The molecule has 0 amide bonds. The van der Waals surface area contributed by atoms with Crippen LogP contribution in [-0.2, 0) is 16.6 Å². The summed E-state index contributed by atoms with van der Waals surface area (Å²) in [5.74, 6) is 1.14. The van der Waals surface area contributed by atoms with Crippen molar-refractivity contribution in [2.45, 2.75) is 57.5 Å². The molecule has 1 fully saturated rings. The van der Waals surface area contributed by atoms with Crippen LogP contribution in [0.25, 0.3) is 0 Å². The predicted octanol–water partition coefficient (Wildman–Crippen LogP) is 2.56. The van der Waals surface area contributed by atoms with Gasteiger partial charge in [-0.25, -0.2) is 13.1 Å². The third-order valence-electron chi connectivity index (χ3n) is 4.35. The van der Waals surface area contributed by atoms with E-state index in [9.17, 15) is 8.42 Å². The molecule has 3 N–H and O–H groups in total. The third kappa shape index (κ3) is 4.05. The SMILES string of the molecule is Cc1ccc(S(=O)(=O)NC2CC(C)CC(C)C2)cc1CN. The number of nitrogens with one attached hydrogen (secondary N) is 1. The average Bonchev–Trinajstić information content (AvgIpc) is 2.37. The van der Waals surface area contributed by atoms with Crippen molar-refractivity contribution in [3.8, 4) is 0 Å². The largest absolute Gasteiger partial charge is 0.326 e. The monoisotopic (exact) mass is 310 g/mol. The van der Waals surface area contributed by atoms with Crippen LogP contribution in [0.2, 0.25) is 0 Å². The van der Waals surface area contributed by atoms with Gasteiger partial charge in [-0.15, -0.1) is 0 Å². The van der Waals surface area contributed by atoms with Crippen molar-refractivity contribution in [3.63, 3.8) is 0 Å². The number of aryl methyl sites for hydroxylation is 1. The molecule has 1 aromatic carbocycles. The van der Waals surface area contributed by atoms with E-state index in [0.717, 1.165) is 24.0 Å². The van der Waals surface area contributed by atoms with E-state index in [1.807, 2.05) is 13.0 Å². The number of hydrogen-bond acceptors (Lipinski definition) is 3. The molecule has 2 atom stereocenters. The van der Waals surface area contributed by atoms with E-state index in [1.54, 1.807) is 12.1 Å². The molecule has 0 aliphatic heterocycles. The van der Waals surface area contributed by atoms with Crippen LogP contribution >= 0.6 is 0 Å². The molecular weight excluding hydrogens is 284 g/mol. The highest BCUT2D eigenvalue weighted by molar-refractivity contribution is 7.89. The van der Waals surface area contributed by atoms with E-state index in [-0.39, 0.29) is 6.04 Å². The van der Waals surface area contributed by atoms with E-state index < -0.39 is 10.0 Å². The van der Waals surface area contributed by atoms with Crippen molar-refractivity contribution in [1.29, 1.82) is 0 Å². The highest BCUT2D eigenvalue weighted by Gasteiger charge is 2.28. The Morgan fingerprint density at radius 3 is 2.38 bits per heavy atom. The van der Waals surface area contributed by atoms with Gasteiger partial charge >= 0.3 is 0 Å². The molecule has 1 aromatic rings. The Hall–Kier alpha value is -0.910. The van der Waals surface area contributed by atoms with Crippen molar-refractivity contribution in [2.24, 2.45) is 17.6 Å². The lowest BCUT2D eigenvalue weighted by Gasteiger charge is -2.31. The summed E-state index contributed by atoms with van der Waals surface area (Å²) in [4.78, 5) is 0.319. The van der Waals surface area contributed by atoms with Crippen LogP contribution in [0, 0.1) is 18.8 Å². The normalized spacial score (nSPS) is 26.8. The molecule has 2 rings (SSSR count). The molecule has 4 nitrogen and oxygen atoms in total. The molecule has 5 heteroatoms. The Morgan fingerprint density at radius 2 is 1.81 bits per heavy atom. The summed E-state index contributed by atoms with van der Waals surface area (Å²) < 4.78 is 28.0. The summed E-state index contributed by atoms with van der Waals surface area (Å²) in [5.41, 5.74) is 7.57. The van der Waals surface area contributed by atoms with Crippen LogP contribution in [0.1, 0.15) is 44.2 Å². The van der Waals surface area contributed by atoms with Crippen LogP contribution in [0.15, 0.2) is 23.1 Å². The van der Waals surface area contributed by atoms with Gasteiger partial charge in [0, 0.05) is 12.6 Å². The molecule has 0 radical (unpaired) electrons. The number of hydrogen-bond donors (Lipinski definition) is 2. The molecule has 0 heterocycles. The van der Waals surface area contributed by atoms with Gasteiger partial charge in [-0.05, 0) is 61.3 Å². The fourth-order valence-electron chi connectivity index (χ4n) is 3.37. The molecule has 0 saturated heterocycles. The van der Waals surface area contributed by atoms with E-state index in [4.69, 9.17) is 5.73 Å². The number of nitrogens with two attached hydrogens (primary N) is 1. The topological polar surface area (TPSA) is 72.2 Å². The maximum atomic E-state index is 12.5. The smallest absolute Gasteiger partial charge is 0.240 e. The molecule has 0 aromatic heterocycles. The molecule has 1 aliphatic rings. The molecule has 2 unspecified atom stereocenters. The maximum Gasteiger partial charge on any atom is 0.240 e. The van der Waals surface area contributed by atoms with Gasteiger partial charge < -0.3 is 5.73 Å². The van der Waals surface area contributed by atoms with Crippen molar-refractivity contribution in [2.75, 3.05) is 0 Å². The fourth-order valence-corrected chi connectivity index (χ4v) is 4.68. The van der Waals surface area contributed by atoms with Gasteiger partial charge in [-0.3, -0.25) is 0 Å². The van der Waals surface area contributed by atoms with Crippen molar-refractivity contribution >= 4 is 10.0 Å². The van der Waals surface area contributed by atoms with E-state index in [0.29, 0.717) is 23.3 Å². The standard InChI is InChI=1S/C16H26N2O2S/c1-11-6-12(2)8-15(7-11)18-21(19,20)16-5-4-13(3)14(9-16)10-17/h4-5,9,11-12,15,18H,6-8,10,17H2,1-3H3. The van der Waals surface area contributed by atoms with Gasteiger partial charge in [0.1, 0.15) is 0 Å². The lowest BCUT2D eigenvalue weighted by molar-refractivity contribution is 0.257. The Labute approximate surface area is 128 Å². The number of sulfonamides is 1.